The van der Waals surface area contributed by atoms with Gasteiger partial charge in [0.05, 0.1) is 36.2 Å². The molecule has 0 bridgehead atoms. The van der Waals surface area contributed by atoms with Crippen molar-refractivity contribution >= 4 is 23.5 Å². The Bertz CT molecular complexity index is 1420. The number of esters is 2. The smallest absolute Gasteiger partial charge is 0.336 e. The summed E-state index contributed by atoms with van der Waals surface area (Å²) in [6.45, 7) is 3.68. The number of nitriles is 1. The number of hydrogen-bond donors (Lipinski definition) is 1. The van der Waals surface area contributed by atoms with Gasteiger partial charge in [-0.1, -0.05) is 84.4 Å². The average Bonchev–Trinajstić information content (AvgIpc) is 2.96. The third-order valence-corrected chi connectivity index (χ3v) is 7.11. The van der Waals surface area contributed by atoms with Gasteiger partial charge in [-0.2, -0.15) is 5.26 Å². The van der Waals surface area contributed by atoms with E-state index >= 15 is 0 Å². The molecule has 0 amide bonds. The number of ether oxygens (including phenoxy) is 2. The van der Waals surface area contributed by atoms with Crippen LogP contribution in [0.4, 0.5) is 0 Å². The van der Waals surface area contributed by atoms with Gasteiger partial charge in [-0.05, 0) is 49.1 Å². The Hall–Kier alpha value is -4.34. The number of benzene rings is 3. The van der Waals surface area contributed by atoms with Crippen LogP contribution in [-0.4, -0.2) is 25.2 Å². The largest absolute Gasteiger partial charge is 0.462 e. The van der Waals surface area contributed by atoms with Gasteiger partial charge in [0, 0.05) is 22.3 Å². The van der Waals surface area contributed by atoms with Crippen molar-refractivity contribution < 1.29 is 19.1 Å². The fourth-order valence-electron chi connectivity index (χ4n) is 5.07. The van der Waals surface area contributed by atoms with Crippen LogP contribution in [0.15, 0.2) is 107 Å². The molecule has 0 saturated carbocycles. The van der Waals surface area contributed by atoms with E-state index in [0.717, 1.165) is 11.1 Å². The van der Waals surface area contributed by atoms with Crippen molar-refractivity contribution in [1.29, 1.82) is 5.26 Å². The number of dihydropyridines is 1. The molecule has 0 aliphatic carbocycles. The number of rotatable bonds is 10. The minimum atomic E-state index is -0.749. The quantitative estimate of drug-likeness (QED) is 0.219. The van der Waals surface area contributed by atoms with Crippen molar-refractivity contribution in [2.75, 3.05) is 13.2 Å². The Kier molecular flexibility index (Phi) is 9.77. The molecule has 1 aliphatic heterocycles. The molecule has 1 N–H and O–H groups in total. The second kappa shape index (κ2) is 13.6. The summed E-state index contributed by atoms with van der Waals surface area (Å²) in [5.74, 6) is -1.83. The third-order valence-electron chi connectivity index (χ3n) is 6.87. The van der Waals surface area contributed by atoms with Crippen LogP contribution in [0.25, 0.3) is 0 Å². The zero-order chi connectivity index (χ0) is 28.5. The van der Waals surface area contributed by atoms with E-state index < -0.39 is 17.9 Å². The molecule has 1 atom stereocenters. The standard InChI is InChI=1S/C33H31ClN2O4/c1-22-29(32(37)39-19-10-18-35)31(26-15-9-16-27(34)21-26)30(23(2)36-22)33(38)40-20-17-28(24-11-5-3-6-12-24)25-13-7-4-8-14-25/h3-9,11-16,21,28,31,36H,10,17,19-20H2,1-2H3. The Morgan fingerprint density at radius 2 is 1.40 bits per heavy atom. The number of nitrogens with zero attached hydrogens (tertiary/aromatic N) is 1. The zero-order valence-corrected chi connectivity index (χ0v) is 23.3. The van der Waals surface area contributed by atoms with Crippen LogP contribution in [0.3, 0.4) is 0 Å². The van der Waals surface area contributed by atoms with Crippen molar-refractivity contribution in [2.45, 2.75) is 38.5 Å². The monoisotopic (exact) mass is 554 g/mol. The van der Waals surface area contributed by atoms with Gasteiger partial charge in [-0.25, -0.2) is 9.59 Å². The van der Waals surface area contributed by atoms with Gasteiger partial charge in [-0.3, -0.25) is 0 Å². The highest BCUT2D eigenvalue weighted by Gasteiger charge is 2.38. The first-order valence-corrected chi connectivity index (χ1v) is 13.5. The van der Waals surface area contributed by atoms with Crippen molar-refractivity contribution in [3.63, 3.8) is 0 Å². The molecular formula is C33H31ClN2O4. The normalized spacial score (nSPS) is 14.9. The van der Waals surface area contributed by atoms with Crippen LogP contribution >= 0.6 is 11.6 Å². The average molecular weight is 555 g/mol. The maximum atomic E-state index is 13.7. The van der Waals surface area contributed by atoms with Crippen LogP contribution in [0, 0.1) is 11.3 Å². The molecule has 4 rings (SSSR count). The molecule has 0 spiro atoms. The summed E-state index contributed by atoms with van der Waals surface area (Å²) in [7, 11) is 0. The van der Waals surface area contributed by atoms with E-state index in [1.165, 1.54) is 0 Å². The molecule has 1 aliphatic rings. The molecule has 3 aromatic carbocycles. The lowest BCUT2D eigenvalue weighted by Gasteiger charge is -2.30. The maximum Gasteiger partial charge on any atom is 0.336 e. The van der Waals surface area contributed by atoms with E-state index in [1.54, 1.807) is 32.0 Å². The summed E-state index contributed by atoms with van der Waals surface area (Å²) in [5, 5.41) is 12.5. The Labute approximate surface area is 239 Å². The predicted octanol–water partition coefficient (Wildman–Crippen LogP) is 6.80. The molecule has 40 heavy (non-hydrogen) atoms. The minimum absolute atomic E-state index is 0.0444. The molecule has 0 fully saturated rings. The molecule has 1 unspecified atom stereocenters. The van der Waals surface area contributed by atoms with Crippen molar-refractivity contribution in [3.8, 4) is 6.07 Å². The first kappa shape index (κ1) is 28.7. The highest BCUT2D eigenvalue weighted by molar-refractivity contribution is 6.30. The third kappa shape index (κ3) is 6.80. The Morgan fingerprint density at radius 1 is 0.850 bits per heavy atom. The Balaban J connectivity index is 1.60. The molecule has 0 saturated heterocycles. The van der Waals surface area contributed by atoms with Gasteiger partial charge in [-0.15, -0.1) is 0 Å². The van der Waals surface area contributed by atoms with Crippen LogP contribution in [-0.2, 0) is 19.1 Å². The van der Waals surface area contributed by atoms with E-state index in [0.29, 0.717) is 34.0 Å². The second-order valence-electron chi connectivity index (χ2n) is 9.53. The van der Waals surface area contributed by atoms with Gasteiger partial charge in [0.2, 0.25) is 0 Å². The summed E-state index contributed by atoms with van der Waals surface area (Å²) >= 11 is 6.31. The van der Waals surface area contributed by atoms with E-state index in [2.05, 4.69) is 29.6 Å². The number of carbonyl (C=O) groups excluding carboxylic acids is 2. The molecule has 7 heteroatoms. The fraction of sp³-hybridized carbons (Fsp3) is 0.242. The summed E-state index contributed by atoms with van der Waals surface area (Å²) in [5.41, 5.74) is 4.69. The lowest BCUT2D eigenvalue weighted by atomic mass is 9.80. The number of carbonyl (C=O) groups is 2. The SMILES string of the molecule is CC1=C(C(=O)OCCC#N)C(c2cccc(Cl)c2)C(C(=O)OCCC(c2ccccc2)c2ccccc2)=C(C)N1. The second-order valence-corrected chi connectivity index (χ2v) is 9.97. The Morgan fingerprint density at radius 3 is 1.93 bits per heavy atom. The van der Waals surface area contributed by atoms with Gasteiger partial charge in [0.15, 0.2) is 0 Å². The van der Waals surface area contributed by atoms with Crippen LogP contribution in [0.2, 0.25) is 5.02 Å². The number of nitrogens with one attached hydrogen (secondary N) is 1. The van der Waals surface area contributed by atoms with E-state index in [-0.39, 0.29) is 31.1 Å². The summed E-state index contributed by atoms with van der Waals surface area (Å²) < 4.78 is 11.3. The summed E-state index contributed by atoms with van der Waals surface area (Å²) in [6.07, 6.45) is 0.653. The molecule has 1 heterocycles. The topological polar surface area (TPSA) is 88.4 Å². The van der Waals surface area contributed by atoms with Gasteiger partial charge in [0.25, 0.3) is 0 Å². The number of allylic oxidation sites excluding steroid dienone is 2. The molecule has 0 radical (unpaired) electrons. The van der Waals surface area contributed by atoms with Crippen molar-refractivity contribution in [1.82, 2.24) is 5.32 Å². The van der Waals surface area contributed by atoms with Crippen LogP contribution in [0.1, 0.15) is 55.2 Å². The molecule has 204 valence electrons. The molecule has 3 aromatic rings. The summed E-state index contributed by atoms with van der Waals surface area (Å²) in [6, 6.07) is 29.3. The maximum absolute atomic E-state index is 13.7. The first-order valence-electron chi connectivity index (χ1n) is 13.2. The van der Waals surface area contributed by atoms with Crippen LogP contribution < -0.4 is 5.32 Å². The summed E-state index contributed by atoms with van der Waals surface area (Å²) in [4.78, 5) is 26.9. The predicted molar refractivity (Wildman–Crippen MR) is 154 cm³/mol. The van der Waals surface area contributed by atoms with Gasteiger partial charge in [0.1, 0.15) is 6.61 Å². The van der Waals surface area contributed by atoms with E-state index in [1.807, 2.05) is 48.5 Å². The molecule has 6 nitrogen and oxygen atoms in total. The number of halogens is 1. The fourth-order valence-corrected chi connectivity index (χ4v) is 5.26. The molecular weight excluding hydrogens is 524 g/mol. The van der Waals surface area contributed by atoms with Crippen molar-refractivity contribution in [2.24, 2.45) is 0 Å². The van der Waals surface area contributed by atoms with Gasteiger partial charge < -0.3 is 14.8 Å². The molecule has 0 aromatic heterocycles. The highest BCUT2D eigenvalue weighted by Crippen LogP contribution is 2.40. The van der Waals surface area contributed by atoms with Crippen molar-refractivity contribution in [3.05, 3.63) is 129 Å². The van der Waals surface area contributed by atoms with Gasteiger partial charge >= 0.3 is 11.9 Å². The van der Waals surface area contributed by atoms with E-state index in [9.17, 15) is 9.59 Å². The lowest BCUT2D eigenvalue weighted by molar-refractivity contribution is -0.140. The minimum Gasteiger partial charge on any atom is -0.462 e. The highest BCUT2D eigenvalue weighted by atomic mass is 35.5. The van der Waals surface area contributed by atoms with Crippen LogP contribution in [0.5, 0.6) is 0 Å². The van der Waals surface area contributed by atoms with E-state index in [4.69, 9.17) is 26.3 Å². The lowest BCUT2D eigenvalue weighted by Crippen LogP contribution is -2.32. The first-order chi connectivity index (χ1) is 19.4. The number of hydrogen-bond acceptors (Lipinski definition) is 6. The zero-order valence-electron chi connectivity index (χ0n) is 22.5.